The molecule has 0 radical (unpaired) electrons. The quantitative estimate of drug-likeness (QED) is 0.563. The third kappa shape index (κ3) is 3.40. The predicted molar refractivity (Wildman–Crippen MR) is 98.0 cm³/mol. The van der Waals surface area contributed by atoms with Gasteiger partial charge in [-0.15, -0.1) is 0 Å². The second-order valence-corrected chi connectivity index (χ2v) is 7.39. The summed E-state index contributed by atoms with van der Waals surface area (Å²) in [5, 5.41) is 16.8. The second kappa shape index (κ2) is 7.12. The van der Waals surface area contributed by atoms with E-state index in [-0.39, 0.29) is 11.2 Å². The highest BCUT2D eigenvalue weighted by atomic mass is 16.5. The Morgan fingerprint density at radius 2 is 2.24 bits per heavy atom. The number of methoxy groups -OCH3 is 1. The van der Waals surface area contributed by atoms with Crippen molar-refractivity contribution in [1.82, 2.24) is 10.6 Å². The first-order valence-corrected chi connectivity index (χ1v) is 8.99. The van der Waals surface area contributed by atoms with Gasteiger partial charge in [-0.1, -0.05) is 19.9 Å². The molecule has 2 fully saturated rings. The molecule has 2 aliphatic rings. The molecule has 3 unspecified atom stereocenters. The van der Waals surface area contributed by atoms with E-state index in [0.29, 0.717) is 30.4 Å². The number of guanidine groups is 1. The molecular formula is C19H29N3O3. The van der Waals surface area contributed by atoms with Crippen molar-refractivity contribution in [2.75, 3.05) is 20.3 Å². The molecule has 1 saturated heterocycles. The van der Waals surface area contributed by atoms with Crippen LogP contribution in [0, 0.1) is 11.3 Å². The Kier molecular flexibility index (Phi) is 5.08. The van der Waals surface area contributed by atoms with Crippen LogP contribution in [0.25, 0.3) is 0 Å². The van der Waals surface area contributed by atoms with Gasteiger partial charge in [0.1, 0.15) is 0 Å². The van der Waals surface area contributed by atoms with Gasteiger partial charge in [-0.05, 0) is 31.0 Å². The molecule has 1 heterocycles. The highest BCUT2D eigenvalue weighted by Crippen LogP contribution is 2.52. The first-order valence-electron chi connectivity index (χ1n) is 8.99. The first-order chi connectivity index (χ1) is 12.0. The summed E-state index contributed by atoms with van der Waals surface area (Å²) < 4.78 is 10.9. The number of benzene rings is 1. The largest absolute Gasteiger partial charge is 0.504 e. The van der Waals surface area contributed by atoms with E-state index in [2.05, 4.69) is 36.4 Å². The van der Waals surface area contributed by atoms with E-state index >= 15 is 0 Å². The zero-order valence-corrected chi connectivity index (χ0v) is 15.5. The number of phenols is 1. The number of phenolic OH excluding ortho intramolecular Hbond substituents is 1. The van der Waals surface area contributed by atoms with Crippen LogP contribution < -0.4 is 15.4 Å². The van der Waals surface area contributed by atoms with E-state index in [1.54, 1.807) is 19.2 Å². The Bertz CT molecular complexity index is 645. The molecule has 3 atom stereocenters. The van der Waals surface area contributed by atoms with Crippen LogP contribution in [0.2, 0.25) is 0 Å². The average Bonchev–Trinajstić information content (AvgIpc) is 3.04. The van der Waals surface area contributed by atoms with Crippen LogP contribution in [0.1, 0.15) is 32.8 Å². The molecule has 0 bridgehead atoms. The minimum absolute atomic E-state index is 0.107. The summed E-state index contributed by atoms with van der Waals surface area (Å²) in [6.07, 6.45) is 1.46. The van der Waals surface area contributed by atoms with E-state index in [0.717, 1.165) is 31.1 Å². The molecule has 1 aliphatic carbocycles. The lowest BCUT2D eigenvalue weighted by Crippen LogP contribution is -2.67. The molecule has 6 heteroatoms. The third-order valence-corrected chi connectivity index (χ3v) is 5.40. The fourth-order valence-electron chi connectivity index (χ4n) is 4.09. The number of fused-ring (bicyclic) bond motifs is 1. The number of aliphatic imine (C=N–C) groups is 1. The van der Waals surface area contributed by atoms with Gasteiger partial charge in [0.2, 0.25) is 0 Å². The Morgan fingerprint density at radius 1 is 1.44 bits per heavy atom. The summed E-state index contributed by atoms with van der Waals surface area (Å²) in [6, 6.07) is 5.73. The lowest BCUT2D eigenvalue weighted by Gasteiger charge is -2.54. The molecular weight excluding hydrogens is 318 g/mol. The molecule has 3 N–H and O–H groups in total. The summed E-state index contributed by atoms with van der Waals surface area (Å²) in [6.45, 7) is 8.71. The average molecular weight is 347 g/mol. The van der Waals surface area contributed by atoms with Gasteiger partial charge in [0.05, 0.1) is 19.8 Å². The first kappa shape index (κ1) is 17.9. The van der Waals surface area contributed by atoms with Crippen molar-refractivity contribution < 1.29 is 14.6 Å². The number of rotatable bonds is 5. The van der Waals surface area contributed by atoms with Crippen LogP contribution in [-0.2, 0) is 11.3 Å². The van der Waals surface area contributed by atoms with E-state index < -0.39 is 0 Å². The minimum atomic E-state index is 0.107. The Labute approximate surface area is 149 Å². The molecule has 1 aliphatic heterocycles. The Hall–Kier alpha value is -1.95. The lowest BCUT2D eigenvalue weighted by molar-refractivity contribution is -0.106. The summed E-state index contributed by atoms with van der Waals surface area (Å²) in [4.78, 5) is 4.68. The lowest BCUT2D eigenvalue weighted by atomic mass is 9.57. The molecule has 0 amide bonds. The van der Waals surface area contributed by atoms with E-state index in [1.807, 2.05) is 6.07 Å². The van der Waals surface area contributed by atoms with Crippen molar-refractivity contribution in [1.29, 1.82) is 0 Å². The molecule has 138 valence electrons. The Morgan fingerprint density at radius 3 is 2.92 bits per heavy atom. The minimum Gasteiger partial charge on any atom is -0.504 e. The number of ether oxygens (including phenoxy) is 2. The van der Waals surface area contributed by atoms with Crippen LogP contribution in [-0.4, -0.2) is 43.5 Å². The summed E-state index contributed by atoms with van der Waals surface area (Å²) in [5.74, 6) is 1.98. The standard InChI is InChI=1S/C19H29N3O3/c1-5-20-18(21-11-12-6-7-15(24-4)14(23)10-12)22-16-13-8-9-25-17(13)19(16,2)3/h6-7,10,13,16-17,23H,5,8-9,11H2,1-4H3,(H2,20,21,22). The van der Waals surface area contributed by atoms with E-state index in [4.69, 9.17) is 9.47 Å². The molecule has 0 aromatic heterocycles. The SMILES string of the molecule is CCNC(=NCc1ccc(OC)c(O)c1)NC1C2CCOC2C1(C)C. The predicted octanol–water partition coefficient (Wildman–Crippen LogP) is 2.27. The normalized spacial score (nSPS) is 27.4. The maximum atomic E-state index is 9.91. The van der Waals surface area contributed by atoms with Crippen molar-refractivity contribution in [3.8, 4) is 11.5 Å². The van der Waals surface area contributed by atoms with Crippen LogP contribution in [0.5, 0.6) is 11.5 Å². The van der Waals surface area contributed by atoms with Gasteiger partial charge >= 0.3 is 0 Å². The smallest absolute Gasteiger partial charge is 0.191 e. The maximum absolute atomic E-state index is 9.91. The highest BCUT2D eigenvalue weighted by Gasteiger charge is 2.59. The van der Waals surface area contributed by atoms with E-state index in [1.165, 1.54) is 0 Å². The number of nitrogens with one attached hydrogen (secondary N) is 2. The van der Waals surface area contributed by atoms with Gasteiger partial charge in [-0.3, -0.25) is 0 Å². The summed E-state index contributed by atoms with van der Waals surface area (Å²) in [7, 11) is 1.54. The zero-order valence-electron chi connectivity index (χ0n) is 15.5. The molecule has 1 aromatic carbocycles. The zero-order chi connectivity index (χ0) is 18.0. The van der Waals surface area contributed by atoms with Gasteiger partial charge in [0.25, 0.3) is 0 Å². The topological polar surface area (TPSA) is 75.1 Å². The van der Waals surface area contributed by atoms with Crippen LogP contribution >= 0.6 is 0 Å². The van der Waals surface area contributed by atoms with Crippen molar-refractivity contribution >= 4 is 5.96 Å². The number of hydrogen-bond donors (Lipinski definition) is 3. The summed E-state index contributed by atoms with van der Waals surface area (Å²) >= 11 is 0. The van der Waals surface area contributed by atoms with Crippen LogP contribution in [0.15, 0.2) is 23.2 Å². The molecule has 3 rings (SSSR count). The highest BCUT2D eigenvalue weighted by molar-refractivity contribution is 5.80. The third-order valence-electron chi connectivity index (χ3n) is 5.40. The van der Waals surface area contributed by atoms with Crippen molar-refractivity contribution in [3.05, 3.63) is 23.8 Å². The monoisotopic (exact) mass is 347 g/mol. The Balaban J connectivity index is 1.68. The van der Waals surface area contributed by atoms with Crippen molar-refractivity contribution in [2.24, 2.45) is 16.3 Å². The molecule has 0 spiro atoms. The van der Waals surface area contributed by atoms with Crippen LogP contribution in [0.3, 0.4) is 0 Å². The molecule has 6 nitrogen and oxygen atoms in total. The van der Waals surface area contributed by atoms with Gasteiger partial charge in [0.15, 0.2) is 17.5 Å². The summed E-state index contributed by atoms with van der Waals surface area (Å²) in [5.41, 5.74) is 1.04. The fraction of sp³-hybridized carbons (Fsp3) is 0.632. The fourth-order valence-corrected chi connectivity index (χ4v) is 4.09. The number of hydrogen-bond acceptors (Lipinski definition) is 4. The maximum Gasteiger partial charge on any atom is 0.191 e. The number of aromatic hydroxyl groups is 1. The van der Waals surface area contributed by atoms with Gasteiger partial charge in [0, 0.05) is 30.5 Å². The van der Waals surface area contributed by atoms with Crippen molar-refractivity contribution in [2.45, 2.75) is 45.9 Å². The molecule has 25 heavy (non-hydrogen) atoms. The molecule has 1 aromatic rings. The second-order valence-electron chi connectivity index (χ2n) is 7.39. The molecule has 1 saturated carbocycles. The van der Waals surface area contributed by atoms with Gasteiger partial charge in [-0.2, -0.15) is 0 Å². The van der Waals surface area contributed by atoms with Gasteiger partial charge < -0.3 is 25.2 Å². The van der Waals surface area contributed by atoms with Crippen LogP contribution in [0.4, 0.5) is 0 Å². The van der Waals surface area contributed by atoms with Crippen molar-refractivity contribution in [3.63, 3.8) is 0 Å². The van der Waals surface area contributed by atoms with Gasteiger partial charge in [-0.25, -0.2) is 4.99 Å². The van der Waals surface area contributed by atoms with E-state index in [9.17, 15) is 5.11 Å². The number of nitrogens with zero attached hydrogens (tertiary/aromatic N) is 1.